The number of anilines is 3. The average Bonchev–Trinajstić information content (AvgIpc) is 2.99. The zero-order chi connectivity index (χ0) is 26.8. The van der Waals surface area contributed by atoms with Crippen molar-refractivity contribution in [3.63, 3.8) is 0 Å². The fourth-order valence-corrected chi connectivity index (χ4v) is 7.46. The van der Waals surface area contributed by atoms with Crippen LogP contribution in [0.2, 0.25) is 0 Å². The van der Waals surface area contributed by atoms with Crippen LogP contribution in [-0.4, -0.2) is 44.7 Å². The first kappa shape index (κ1) is 25.9. The molecule has 8 heteroatoms. The van der Waals surface area contributed by atoms with Crippen molar-refractivity contribution >= 4 is 38.6 Å². The lowest BCUT2D eigenvalue weighted by Crippen LogP contribution is -2.37. The van der Waals surface area contributed by atoms with Crippen molar-refractivity contribution in [2.75, 3.05) is 34.4 Å². The molecule has 5 rings (SSSR count). The predicted molar refractivity (Wildman–Crippen MR) is 144 cm³/mol. The lowest BCUT2D eigenvalue weighted by atomic mass is 9.78. The van der Waals surface area contributed by atoms with E-state index in [1.807, 2.05) is 39.8 Å². The second kappa shape index (κ2) is 8.93. The zero-order valence-corrected chi connectivity index (χ0v) is 22.9. The molecular weight excluding hydrogens is 491 g/mol. The van der Waals surface area contributed by atoms with E-state index >= 15 is 4.39 Å². The van der Waals surface area contributed by atoms with Crippen molar-refractivity contribution in [1.29, 1.82) is 0 Å². The first-order chi connectivity index (χ1) is 17.3. The maximum absolute atomic E-state index is 15.5. The highest BCUT2D eigenvalue weighted by molar-refractivity contribution is 7.91. The van der Waals surface area contributed by atoms with E-state index in [2.05, 4.69) is 11.0 Å². The summed E-state index contributed by atoms with van der Waals surface area (Å²) in [4.78, 5) is 30.7. The van der Waals surface area contributed by atoms with Crippen LogP contribution in [0.3, 0.4) is 0 Å². The van der Waals surface area contributed by atoms with E-state index in [0.29, 0.717) is 30.5 Å². The number of aryl methyl sites for hydroxylation is 1. The third-order valence-electron chi connectivity index (χ3n) is 8.68. The first-order valence-corrected chi connectivity index (χ1v) is 14.9. The Bertz CT molecular complexity index is 1380. The number of carbonyl (C=O) groups excluding carboxylic acids is 2. The molecule has 0 saturated carbocycles. The number of fused-ring (bicyclic) bond motifs is 1. The Morgan fingerprint density at radius 1 is 1.03 bits per heavy atom. The van der Waals surface area contributed by atoms with Crippen molar-refractivity contribution in [1.82, 2.24) is 0 Å². The fourth-order valence-electron chi connectivity index (χ4n) is 5.65. The number of sulfone groups is 1. The lowest BCUT2D eigenvalue weighted by molar-refractivity contribution is -0.121. The molecule has 2 fully saturated rings. The molecule has 2 aromatic rings. The van der Waals surface area contributed by atoms with Crippen LogP contribution in [0.4, 0.5) is 21.5 Å². The number of hydrogen-bond donors (Lipinski definition) is 0. The Hall–Kier alpha value is -2.74. The van der Waals surface area contributed by atoms with E-state index in [9.17, 15) is 18.0 Å². The van der Waals surface area contributed by atoms with Gasteiger partial charge in [-0.15, -0.1) is 0 Å². The van der Waals surface area contributed by atoms with Gasteiger partial charge in [0.15, 0.2) is 5.78 Å². The van der Waals surface area contributed by atoms with Gasteiger partial charge in [0.25, 0.3) is 0 Å². The number of ketones is 1. The van der Waals surface area contributed by atoms with Crippen LogP contribution in [0.25, 0.3) is 0 Å². The Morgan fingerprint density at radius 3 is 2.32 bits per heavy atom. The minimum absolute atomic E-state index is 0.000409. The summed E-state index contributed by atoms with van der Waals surface area (Å²) < 4.78 is 39.1. The van der Waals surface area contributed by atoms with Crippen molar-refractivity contribution in [3.05, 3.63) is 52.8 Å². The summed E-state index contributed by atoms with van der Waals surface area (Å²) in [6.45, 7) is 9.54. The highest BCUT2D eigenvalue weighted by Crippen LogP contribution is 2.48. The number of nitrogens with zero attached hydrogens (tertiary/aromatic N) is 2. The van der Waals surface area contributed by atoms with Crippen LogP contribution < -0.4 is 9.80 Å². The number of halogens is 1. The number of amides is 1. The topological polar surface area (TPSA) is 74.8 Å². The molecule has 0 aromatic heterocycles. The quantitative estimate of drug-likeness (QED) is 0.466. The normalized spacial score (nSPS) is 21.5. The summed E-state index contributed by atoms with van der Waals surface area (Å²) in [5.74, 6) is -0.823. The summed E-state index contributed by atoms with van der Waals surface area (Å²) in [6, 6.07) is 8.94. The van der Waals surface area contributed by atoms with Crippen molar-refractivity contribution in [2.45, 2.75) is 65.2 Å². The number of Topliss-reactive ketones (excluding diaryl/α,β-unsaturated/α-hetero) is 1. The van der Waals surface area contributed by atoms with Crippen LogP contribution >= 0.6 is 0 Å². The van der Waals surface area contributed by atoms with E-state index in [1.54, 1.807) is 11.0 Å². The summed E-state index contributed by atoms with van der Waals surface area (Å²) >= 11 is 0. The molecule has 198 valence electrons. The average molecular weight is 527 g/mol. The minimum Gasteiger partial charge on any atom is -0.371 e. The van der Waals surface area contributed by atoms with Gasteiger partial charge in [0.1, 0.15) is 15.7 Å². The van der Waals surface area contributed by atoms with Crippen LogP contribution in [0.1, 0.15) is 74.4 Å². The van der Waals surface area contributed by atoms with Crippen LogP contribution in [0.15, 0.2) is 30.3 Å². The highest BCUT2D eigenvalue weighted by atomic mass is 32.2. The number of rotatable bonds is 6. The molecule has 37 heavy (non-hydrogen) atoms. The molecule has 0 unspecified atom stereocenters. The van der Waals surface area contributed by atoms with E-state index in [0.717, 1.165) is 36.4 Å². The summed E-state index contributed by atoms with van der Waals surface area (Å²) in [7, 11) is -3.00. The third kappa shape index (κ3) is 4.58. The second-order valence-corrected chi connectivity index (χ2v) is 14.1. The zero-order valence-electron chi connectivity index (χ0n) is 22.1. The number of carbonyl (C=O) groups is 2. The lowest BCUT2D eigenvalue weighted by Gasteiger charge is -2.34. The SMILES string of the molecule is Cc1ccc(N2CCC2)cc1N1C(=O)C(C)(C)c2cc(C(=O)CCC3(C)CCS(=O)(=O)CC3)c(F)cc21. The van der Waals surface area contributed by atoms with E-state index in [1.165, 1.54) is 6.07 Å². The molecule has 0 aliphatic carbocycles. The van der Waals surface area contributed by atoms with Crippen LogP contribution in [-0.2, 0) is 20.0 Å². The molecule has 1 amide bonds. The maximum atomic E-state index is 15.5. The molecule has 2 aromatic carbocycles. The molecule has 2 saturated heterocycles. The van der Waals surface area contributed by atoms with Gasteiger partial charge in [-0.25, -0.2) is 12.8 Å². The Balaban J connectivity index is 1.44. The van der Waals surface area contributed by atoms with Gasteiger partial charge in [-0.2, -0.15) is 0 Å². The monoisotopic (exact) mass is 526 g/mol. The van der Waals surface area contributed by atoms with Crippen LogP contribution in [0, 0.1) is 18.2 Å². The van der Waals surface area contributed by atoms with Gasteiger partial charge in [-0.05, 0) is 87.3 Å². The van der Waals surface area contributed by atoms with Gasteiger partial charge in [0, 0.05) is 25.2 Å². The molecular formula is C29H35FN2O4S. The van der Waals surface area contributed by atoms with Gasteiger partial charge in [0.05, 0.1) is 33.9 Å². The molecule has 3 heterocycles. The van der Waals surface area contributed by atoms with E-state index in [4.69, 9.17) is 0 Å². The third-order valence-corrected chi connectivity index (χ3v) is 10.3. The smallest absolute Gasteiger partial charge is 0.241 e. The summed E-state index contributed by atoms with van der Waals surface area (Å²) in [5.41, 5.74) is 2.66. The maximum Gasteiger partial charge on any atom is 0.241 e. The van der Waals surface area contributed by atoms with Crippen molar-refractivity contribution < 1.29 is 22.4 Å². The summed E-state index contributed by atoms with van der Waals surface area (Å²) in [6.07, 6.45) is 2.82. The second-order valence-electron chi connectivity index (χ2n) is 11.8. The molecule has 0 bridgehead atoms. The number of benzene rings is 2. The van der Waals surface area contributed by atoms with Gasteiger partial charge >= 0.3 is 0 Å². The van der Waals surface area contributed by atoms with E-state index < -0.39 is 21.1 Å². The first-order valence-electron chi connectivity index (χ1n) is 13.1. The molecule has 0 spiro atoms. The fraction of sp³-hybridized carbons (Fsp3) is 0.517. The van der Waals surface area contributed by atoms with Crippen molar-refractivity contribution in [3.8, 4) is 0 Å². The minimum atomic E-state index is -3.00. The summed E-state index contributed by atoms with van der Waals surface area (Å²) in [5, 5.41) is 0. The van der Waals surface area contributed by atoms with Crippen LogP contribution in [0.5, 0.6) is 0 Å². The Morgan fingerprint density at radius 2 is 1.70 bits per heavy atom. The molecule has 3 aliphatic rings. The van der Waals surface area contributed by atoms with Gasteiger partial charge in [-0.3, -0.25) is 14.5 Å². The molecule has 6 nitrogen and oxygen atoms in total. The highest BCUT2D eigenvalue weighted by Gasteiger charge is 2.46. The van der Waals surface area contributed by atoms with Gasteiger partial charge in [-0.1, -0.05) is 13.0 Å². The molecule has 0 radical (unpaired) electrons. The predicted octanol–water partition coefficient (Wildman–Crippen LogP) is 5.48. The molecule has 3 aliphatic heterocycles. The van der Waals surface area contributed by atoms with E-state index in [-0.39, 0.29) is 40.6 Å². The van der Waals surface area contributed by atoms with Crippen molar-refractivity contribution in [2.24, 2.45) is 5.41 Å². The Kier molecular flexibility index (Phi) is 6.25. The molecule has 0 atom stereocenters. The number of hydrogen-bond acceptors (Lipinski definition) is 5. The molecule has 0 N–H and O–H groups in total. The van der Waals surface area contributed by atoms with Gasteiger partial charge < -0.3 is 4.90 Å². The Labute approximate surface area is 218 Å². The standard InChI is InChI=1S/C29H35FN2O4S/c1-19-6-7-20(31-12-5-13-31)16-24(19)32-25-18-23(30)21(17-22(25)28(2,3)27(32)34)26(33)8-9-29(4)10-14-37(35,36)15-11-29/h6-7,16-18H,5,8-15H2,1-4H3. The van der Waals surface area contributed by atoms with Gasteiger partial charge in [0.2, 0.25) is 5.91 Å². The largest absolute Gasteiger partial charge is 0.371 e.